The lowest BCUT2D eigenvalue weighted by atomic mass is 10.1. The molecule has 2 aromatic rings. The van der Waals surface area contributed by atoms with Crippen molar-refractivity contribution >= 4 is 27.3 Å². The molecule has 0 aliphatic carbocycles. The van der Waals surface area contributed by atoms with Crippen molar-refractivity contribution in [3.8, 4) is 0 Å². The first-order valence-corrected chi connectivity index (χ1v) is 7.57. The molecule has 1 amide bonds. The van der Waals surface area contributed by atoms with Gasteiger partial charge in [0.15, 0.2) is 0 Å². The van der Waals surface area contributed by atoms with Gasteiger partial charge in [0.1, 0.15) is 0 Å². The van der Waals surface area contributed by atoms with E-state index < -0.39 is 0 Å². The van der Waals surface area contributed by atoms with Crippen molar-refractivity contribution in [3.63, 3.8) is 0 Å². The summed E-state index contributed by atoms with van der Waals surface area (Å²) in [5.41, 5.74) is 0.803. The molecule has 1 N–H and O–H groups in total. The summed E-state index contributed by atoms with van der Waals surface area (Å²) in [5, 5.41) is 12.7. The molecule has 100 valence electrons. The van der Waals surface area contributed by atoms with Crippen LogP contribution in [0.4, 0.5) is 0 Å². The van der Waals surface area contributed by atoms with E-state index in [1.165, 1.54) is 0 Å². The molecule has 3 nitrogen and oxygen atoms in total. The Labute approximate surface area is 116 Å². The molecule has 2 heterocycles. The van der Waals surface area contributed by atoms with Gasteiger partial charge < -0.3 is 10.0 Å². The van der Waals surface area contributed by atoms with Crippen LogP contribution in [0.25, 0.3) is 10.1 Å². The van der Waals surface area contributed by atoms with Crippen LogP contribution in [0.2, 0.25) is 0 Å². The Kier molecular flexibility index (Phi) is 3.53. The molecule has 0 bridgehead atoms. The molecule has 3 rings (SSSR count). The maximum absolute atomic E-state index is 12.6. The molecule has 19 heavy (non-hydrogen) atoms. The zero-order valence-electron chi connectivity index (χ0n) is 10.7. The molecule has 1 fully saturated rings. The van der Waals surface area contributed by atoms with Gasteiger partial charge in [0.25, 0.3) is 5.91 Å². The smallest absolute Gasteiger partial charge is 0.255 e. The number of benzene rings is 1. The standard InChI is InChI=1S/C15H17NO2S/c17-11-4-3-8-16(9-7-11)15(18)13-10-19-14-6-2-1-5-12(13)14/h1-2,5-6,10-11,17H,3-4,7-9H2/t11-/m0/s1. The van der Waals surface area contributed by atoms with Crippen LogP contribution in [0.5, 0.6) is 0 Å². The molecule has 4 heteroatoms. The average Bonchev–Trinajstić information content (AvgIpc) is 2.74. The number of carbonyl (C=O) groups is 1. The van der Waals surface area contributed by atoms with Crippen molar-refractivity contribution < 1.29 is 9.90 Å². The number of hydrogen-bond donors (Lipinski definition) is 1. The third-order valence-corrected chi connectivity index (χ3v) is 4.66. The van der Waals surface area contributed by atoms with E-state index in [4.69, 9.17) is 0 Å². The van der Waals surface area contributed by atoms with E-state index in [2.05, 4.69) is 0 Å². The second-order valence-electron chi connectivity index (χ2n) is 5.02. The summed E-state index contributed by atoms with van der Waals surface area (Å²) in [6, 6.07) is 8.02. The van der Waals surface area contributed by atoms with E-state index in [9.17, 15) is 9.90 Å². The van der Waals surface area contributed by atoms with E-state index in [1.54, 1.807) is 11.3 Å². The number of aliphatic hydroxyl groups excluding tert-OH is 1. The van der Waals surface area contributed by atoms with Crippen LogP contribution in [0.3, 0.4) is 0 Å². The fraction of sp³-hybridized carbons (Fsp3) is 0.400. The van der Waals surface area contributed by atoms with Gasteiger partial charge >= 0.3 is 0 Å². The highest BCUT2D eigenvalue weighted by Gasteiger charge is 2.22. The van der Waals surface area contributed by atoms with Crippen LogP contribution in [0.1, 0.15) is 29.6 Å². The largest absolute Gasteiger partial charge is 0.393 e. The predicted octanol–water partition coefficient (Wildman–Crippen LogP) is 2.89. The number of thiophene rings is 1. The number of rotatable bonds is 1. The summed E-state index contributed by atoms with van der Waals surface area (Å²) < 4.78 is 1.15. The molecule has 0 unspecified atom stereocenters. The minimum atomic E-state index is -0.253. The Morgan fingerprint density at radius 3 is 3.00 bits per heavy atom. The van der Waals surface area contributed by atoms with Gasteiger partial charge in [-0.25, -0.2) is 0 Å². The zero-order chi connectivity index (χ0) is 13.2. The van der Waals surface area contributed by atoms with Crippen LogP contribution < -0.4 is 0 Å². The Morgan fingerprint density at radius 2 is 2.11 bits per heavy atom. The number of nitrogens with zero attached hydrogens (tertiary/aromatic N) is 1. The predicted molar refractivity (Wildman–Crippen MR) is 77.6 cm³/mol. The van der Waals surface area contributed by atoms with E-state index in [0.717, 1.165) is 35.0 Å². The van der Waals surface area contributed by atoms with Crippen molar-refractivity contribution in [2.24, 2.45) is 0 Å². The molecule has 1 atom stereocenters. The lowest BCUT2D eigenvalue weighted by Crippen LogP contribution is -2.32. The summed E-state index contributed by atoms with van der Waals surface area (Å²) in [4.78, 5) is 14.5. The molecule has 1 aromatic heterocycles. The molecule has 1 saturated heterocycles. The normalized spacial score (nSPS) is 20.5. The second-order valence-corrected chi connectivity index (χ2v) is 5.93. The first-order valence-electron chi connectivity index (χ1n) is 6.69. The lowest BCUT2D eigenvalue weighted by Gasteiger charge is -2.20. The summed E-state index contributed by atoms with van der Waals surface area (Å²) in [7, 11) is 0. The Morgan fingerprint density at radius 1 is 1.26 bits per heavy atom. The molecule has 0 saturated carbocycles. The van der Waals surface area contributed by atoms with E-state index in [-0.39, 0.29) is 12.0 Å². The van der Waals surface area contributed by atoms with Crippen LogP contribution in [0, 0.1) is 0 Å². The minimum Gasteiger partial charge on any atom is -0.393 e. The van der Waals surface area contributed by atoms with Gasteiger partial charge in [-0.15, -0.1) is 11.3 Å². The SMILES string of the molecule is O=C(c1csc2ccccc12)N1CCC[C@H](O)CC1. The molecule has 0 radical (unpaired) electrons. The Bertz CT molecular complexity index is 593. The van der Waals surface area contributed by atoms with E-state index in [0.29, 0.717) is 13.0 Å². The molecular weight excluding hydrogens is 258 g/mol. The van der Waals surface area contributed by atoms with Crippen molar-refractivity contribution in [1.29, 1.82) is 0 Å². The fourth-order valence-corrected chi connectivity index (χ4v) is 3.53. The molecule has 1 aliphatic rings. The summed E-state index contributed by atoms with van der Waals surface area (Å²) in [6.07, 6.45) is 2.12. The molecule has 0 spiro atoms. The number of aliphatic hydroxyl groups is 1. The summed E-state index contributed by atoms with van der Waals surface area (Å²) in [5.74, 6) is 0.103. The van der Waals surface area contributed by atoms with E-state index >= 15 is 0 Å². The number of carbonyl (C=O) groups excluding carboxylic acids is 1. The average molecular weight is 275 g/mol. The Balaban J connectivity index is 1.87. The van der Waals surface area contributed by atoms with Crippen LogP contribution in [-0.4, -0.2) is 35.1 Å². The summed E-state index contributed by atoms with van der Waals surface area (Å²) in [6.45, 7) is 1.41. The number of hydrogen-bond acceptors (Lipinski definition) is 3. The fourth-order valence-electron chi connectivity index (χ4n) is 2.60. The van der Waals surface area contributed by atoms with Gasteiger partial charge in [-0.05, 0) is 25.3 Å². The summed E-state index contributed by atoms with van der Waals surface area (Å²) >= 11 is 1.62. The minimum absolute atomic E-state index is 0.103. The molecule has 1 aliphatic heterocycles. The van der Waals surface area contributed by atoms with Gasteiger partial charge in [0.2, 0.25) is 0 Å². The highest BCUT2D eigenvalue weighted by atomic mass is 32.1. The number of amides is 1. The first-order chi connectivity index (χ1) is 9.25. The highest BCUT2D eigenvalue weighted by Crippen LogP contribution is 2.27. The third kappa shape index (κ3) is 2.51. The van der Waals surface area contributed by atoms with Crippen LogP contribution in [-0.2, 0) is 0 Å². The monoisotopic (exact) mass is 275 g/mol. The number of likely N-dealkylation sites (tertiary alicyclic amines) is 1. The number of fused-ring (bicyclic) bond motifs is 1. The van der Waals surface area contributed by atoms with Gasteiger partial charge in [0, 0.05) is 28.6 Å². The quantitative estimate of drug-likeness (QED) is 0.869. The maximum atomic E-state index is 12.6. The highest BCUT2D eigenvalue weighted by molar-refractivity contribution is 7.17. The van der Waals surface area contributed by atoms with Crippen molar-refractivity contribution in [2.75, 3.05) is 13.1 Å². The molecular formula is C15H17NO2S. The Hall–Kier alpha value is -1.39. The molecule has 1 aromatic carbocycles. The van der Waals surface area contributed by atoms with Crippen LogP contribution >= 0.6 is 11.3 Å². The topological polar surface area (TPSA) is 40.5 Å². The first kappa shape index (κ1) is 12.6. The second kappa shape index (κ2) is 5.31. The maximum Gasteiger partial charge on any atom is 0.255 e. The van der Waals surface area contributed by atoms with Crippen molar-refractivity contribution in [2.45, 2.75) is 25.4 Å². The van der Waals surface area contributed by atoms with Gasteiger partial charge in [-0.2, -0.15) is 0 Å². The zero-order valence-corrected chi connectivity index (χ0v) is 11.5. The van der Waals surface area contributed by atoms with Crippen molar-refractivity contribution in [1.82, 2.24) is 4.90 Å². The van der Waals surface area contributed by atoms with Gasteiger partial charge in [-0.3, -0.25) is 4.79 Å². The van der Waals surface area contributed by atoms with Crippen molar-refractivity contribution in [3.05, 3.63) is 35.2 Å². The van der Waals surface area contributed by atoms with Gasteiger partial charge in [-0.1, -0.05) is 18.2 Å². The van der Waals surface area contributed by atoms with Gasteiger partial charge in [0.05, 0.1) is 11.7 Å². The third-order valence-electron chi connectivity index (χ3n) is 3.70. The lowest BCUT2D eigenvalue weighted by molar-refractivity contribution is 0.0755. The van der Waals surface area contributed by atoms with E-state index in [1.807, 2.05) is 34.5 Å². The van der Waals surface area contributed by atoms with Crippen LogP contribution in [0.15, 0.2) is 29.6 Å².